The average Bonchev–Trinajstić information content (AvgIpc) is 2.63. The van der Waals surface area contributed by atoms with Crippen LogP contribution in [-0.2, 0) is 5.41 Å². The smallest absolute Gasteiger partial charge is 0.142 e. The number of hydrogen-bond donors (Lipinski definition) is 0. The Bertz CT molecular complexity index is 393. The van der Waals surface area contributed by atoms with Crippen LogP contribution < -0.4 is 0 Å². The predicted molar refractivity (Wildman–Crippen MR) is 67.5 cm³/mol. The zero-order chi connectivity index (χ0) is 10.8. The molecule has 86 valence electrons. The van der Waals surface area contributed by atoms with Gasteiger partial charge in [0, 0.05) is 5.41 Å². The topological polar surface area (TPSA) is 25.8 Å². The van der Waals surface area contributed by atoms with Crippen molar-refractivity contribution in [1.29, 1.82) is 0 Å². The zero-order valence-corrected chi connectivity index (χ0v) is 11.6. The molecule has 4 saturated carbocycles. The summed E-state index contributed by atoms with van der Waals surface area (Å²) in [6.07, 6.45) is 8.67. The summed E-state index contributed by atoms with van der Waals surface area (Å²) in [4.78, 5) is 0. The molecule has 1 heterocycles. The number of halogens is 1. The molecule has 0 amide bonds. The highest BCUT2D eigenvalue weighted by Gasteiger charge is 2.53. The third-order valence-corrected chi connectivity index (χ3v) is 6.49. The van der Waals surface area contributed by atoms with Crippen LogP contribution in [0.25, 0.3) is 0 Å². The normalized spacial score (nSPS) is 45.2. The van der Waals surface area contributed by atoms with Crippen molar-refractivity contribution >= 4 is 27.3 Å². The van der Waals surface area contributed by atoms with Crippen LogP contribution in [0.1, 0.15) is 43.5 Å². The van der Waals surface area contributed by atoms with E-state index in [0.717, 1.165) is 21.7 Å². The number of rotatable bonds is 1. The number of nitrogens with zero attached hydrogens (tertiary/aromatic N) is 2. The van der Waals surface area contributed by atoms with E-state index in [9.17, 15) is 0 Å². The van der Waals surface area contributed by atoms with E-state index in [2.05, 4.69) is 26.1 Å². The van der Waals surface area contributed by atoms with Gasteiger partial charge in [-0.2, -0.15) is 0 Å². The van der Waals surface area contributed by atoms with E-state index in [1.54, 1.807) is 11.3 Å². The van der Waals surface area contributed by atoms with Gasteiger partial charge >= 0.3 is 0 Å². The van der Waals surface area contributed by atoms with E-state index in [1.165, 1.54) is 43.5 Å². The van der Waals surface area contributed by atoms with Crippen molar-refractivity contribution in [3.8, 4) is 0 Å². The number of aromatic nitrogens is 2. The van der Waals surface area contributed by atoms with Crippen LogP contribution in [0, 0.1) is 17.8 Å². The van der Waals surface area contributed by atoms with Crippen molar-refractivity contribution in [3.63, 3.8) is 0 Å². The van der Waals surface area contributed by atoms with Gasteiger partial charge in [0.15, 0.2) is 3.92 Å². The van der Waals surface area contributed by atoms with Crippen LogP contribution in [0.5, 0.6) is 0 Å². The van der Waals surface area contributed by atoms with E-state index < -0.39 is 0 Å². The van der Waals surface area contributed by atoms with Gasteiger partial charge < -0.3 is 0 Å². The van der Waals surface area contributed by atoms with E-state index in [-0.39, 0.29) is 0 Å². The first-order valence-corrected chi connectivity index (χ1v) is 7.84. The molecule has 4 fully saturated rings. The SMILES string of the molecule is Brc1nnc(C23CC4CC(CC(C4)C2)C3)s1. The maximum Gasteiger partial charge on any atom is 0.183 e. The van der Waals surface area contributed by atoms with Crippen LogP contribution in [0.15, 0.2) is 3.92 Å². The highest BCUT2D eigenvalue weighted by Crippen LogP contribution is 2.61. The van der Waals surface area contributed by atoms with Crippen LogP contribution in [-0.4, -0.2) is 10.2 Å². The molecule has 4 bridgehead atoms. The minimum Gasteiger partial charge on any atom is -0.142 e. The Morgan fingerprint density at radius 2 is 1.56 bits per heavy atom. The van der Waals surface area contributed by atoms with Gasteiger partial charge in [0.05, 0.1) is 0 Å². The van der Waals surface area contributed by atoms with E-state index in [0.29, 0.717) is 5.41 Å². The summed E-state index contributed by atoms with van der Waals surface area (Å²) in [6, 6.07) is 0. The van der Waals surface area contributed by atoms with Crippen LogP contribution in [0.4, 0.5) is 0 Å². The minimum absolute atomic E-state index is 0.429. The van der Waals surface area contributed by atoms with Crippen LogP contribution in [0.3, 0.4) is 0 Å². The van der Waals surface area contributed by atoms with Gasteiger partial charge in [-0.05, 0) is 72.2 Å². The van der Waals surface area contributed by atoms with Crippen LogP contribution >= 0.6 is 27.3 Å². The molecule has 0 atom stereocenters. The second-order valence-corrected chi connectivity index (χ2v) is 8.31. The molecule has 16 heavy (non-hydrogen) atoms. The molecular formula is C12H15BrN2S. The molecule has 2 nitrogen and oxygen atoms in total. The second kappa shape index (κ2) is 3.29. The Balaban J connectivity index is 1.76. The molecule has 0 N–H and O–H groups in total. The van der Waals surface area contributed by atoms with Gasteiger partial charge in [0.1, 0.15) is 5.01 Å². The van der Waals surface area contributed by atoms with Crippen molar-refractivity contribution < 1.29 is 0 Å². The van der Waals surface area contributed by atoms with Crippen molar-refractivity contribution in [2.24, 2.45) is 17.8 Å². The Morgan fingerprint density at radius 3 is 2.00 bits per heavy atom. The van der Waals surface area contributed by atoms with Gasteiger partial charge in [-0.25, -0.2) is 0 Å². The molecule has 4 aliphatic carbocycles. The van der Waals surface area contributed by atoms with Gasteiger partial charge in [0.2, 0.25) is 0 Å². The summed E-state index contributed by atoms with van der Waals surface area (Å²) < 4.78 is 0.957. The van der Waals surface area contributed by atoms with Crippen molar-refractivity contribution in [2.45, 2.75) is 43.9 Å². The maximum atomic E-state index is 4.43. The molecule has 0 aliphatic heterocycles. The minimum atomic E-state index is 0.429. The van der Waals surface area contributed by atoms with Gasteiger partial charge in [-0.3, -0.25) is 0 Å². The molecule has 5 rings (SSSR count). The summed E-state index contributed by atoms with van der Waals surface area (Å²) in [6.45, 7) is 0. The van der Waals surface area contributed by atoms with Gasteiger partial charge in [-0.15, -0.1) is 10.2 Å². The molecule has 4 heteroatoms. The Hall–Kier alpha value is 0.0400. The van der Waals surface area contributed by atoms with E-state index >= 15 is 0 Å². The Kier molecular flexibility index (Phi) is 2.06. The van der Waals surface area contributed by atoms with Gasteiger partial charge in [-0.1, -0.05) is 11.3 Å². The monoisotopic (exact) mass is 298 g/mol. The molecule has 4 aliphatic rings. The fraction of sp³-hybridized carbons (Fsp3) is 0.833. The predicted octanol–water partition coefficient (Wildman–Crippen LogP) is 3.77. The quantitative estimate of drug-likeness (QED) is 0.789. The van der Waals surface area contributed by atoms with E-state index in [1.807, 2.05) is 0 Å². The first-order valence-electron chi connectivity index (χ1n) is 6.23. The third kappa shape index (κ3) is 1.35. The summed E-state index contributed by atoms with van der Waals surface area (Å²) in [5.74, 6) is 2.98. The second-order valence-electron chi connectivity index (χ2n) is 6.06. The molecule has 1 aromatic heterocycles. The highest BCUT2D eigenvalue weighted by atomic mass is 79.9. The molecular weight excluding hydrogens is 284 g/mol. The fourth-order valence-corrected chi connectivity index (χ4v) is 6.12. The summed E-state index contributed by atoms with van der Waals surface area (Å²) in [5, 5.41) is 9.90. The van der Waals surface area contributed by atoms with Crippen molar-refractivity contribution in [2.75, 3.05) is 0 Å². The lowest BCUT2D eigenvalue weighted by Crippen LogP contribution is -2.48. The molecule has 0 saturated heterocycles. The standard InChI is InChI=1S/C12H15BrN2S/c13-11-15-14-10(16-11)12-4-7-1-8(5-12)3-9(2-7)6-12/h7-9H,1-6H2. The molecule has 0 unspecified atom stereocenters. The summed E-state index contributed by atoms with van der Waals surface area (Å²) in [5.41, 5.74) is 0.429. The first-order chi connectivity index (χ1) is 7.73. The third-order valence-electron chi connectivity index (χ3n) is 4.89. The molecule has 0 spiro atoms. The molecule has 0 aromatic carbocycles. The molecule has 0 radical (unpaired) electrons. The Labute approximate surface area is 108 Å². The first kappa shape index (κ1) is 10.0. The summed E-state index contributed by atoms with van der Waals surface area (Å²) in [7, 11) is 0. The van der Waals surface area contributed by atoms with Crippen molar-refractivity contribution in [1.82, 2.24) is 10.2 Å². The zero-order valence-electron chi connectivity index (χ0n) is 9.16. The lowest BCUT2D eigenvalue weighted by Gasteiger charge is -2.55. The average molecular weight is 299 g/mol. The number of hydrogen-bond acceptors (Lipinski definition) is 3. The largest absolute Gasteiger partial charge is 0.183 e. The van der Waals surface area contributed by atoms with Gasteiger partial charge in [0.25, 0.3) is 0 Å². The van der Waals surface area contributed by atoms with Crippen LogP contribution in [0.2, 0.25) is 0 Å². The lowest BCUT2D eigenvalue weighted by molar-refractivity contribution is -0.00555. The fourth-order valence-electron chi connectivity index (χ4n) is 4.79. The maximum absolute atomic E-state index is 4.43. The van der Waals surface area contributed by atoms with Crippen molar-refractivity contribution in [3.05, 3.63) is 8.92 Å². The lowest BCUT2D eigenvalue weighted by atomic mass is 9.50. The van der Waals surface area contributed by atoms with E-state index in [4.69, 9.17) is 0 Å². The Morgan fingerprint density at radius 1 is 1.00 bits per heavy atom. The summed E-state index contributed by atoms with van der Waals surface area (Å²) >= 11 is 5.23. The molecule has 1 aromatic rings. The highest BCUT2D eigenvalue weighted by molar-refractivity contribution is 9.11.